The Balaban J connectivity index is 1.58. The van der Waals surface area contributed by atoms with Gasteiger partial charge in [0.15, 0.2) is 0 Å². The van der Waals surface area contributed by atoms with Crippen LogP contribution >= 0.6 is 11.3 Å². The smallest absolute Gasteiger partial charge is 0.245 e. The Kier molecular flexibility index (Phi) is 12.0. The van der Waals surface area contributed by atoms with Crippen molar-refractivity contribution < 1.29 is 29.0 Å². The first kappa shape index (κ1) is 32.4. The number of Topliss-reactive ketones (excluding diaryl/α,β-unsaturated/α-hetero) is 1. The van der Waals surface area contributed by atoms with E-state index < -0.39 is 30.0 Å². The van der Waals surface area contributed by atoms with Crippen molar-refractivity contribution in [2.45, 2.75) is 78.1 Å². The van der Waals surface area contributed by atoms with Crippen LogP contribution in [0.25, 0.3) is 10.4 Å². The number of aromatic nitrogens is 1. The molecule has 0 saturated carbocycles. The zero-order valence-electron chi connectivity index (χ0n) is 24.5. The van der Waals surface area contributed by atoms with Crippen LogP contribution < -0.4 is 10.6 Å². The second kappa shape index (κ2) is 15.2. The number of nitrogens with zero attached hydrogens (tertiary/aromatic N) is 2. The number of ether oxygens (including phenoxy) is 1. The molecule has 10 nitrogen and oxygen atoms in total. The zero-order valence-corrected chi connectivity index (χ0v) is 25.3. The van der Waals surface area contributed by atoms with E-state index in [0.29, 0.717) is 13.0 Å². The van der Waals surface area contributed by atoms with Crippen LogP contribution in [-0.2, 0) is 30.5 Å². The fourth-order valence-electron chi connectivity index (χ4n) is 5.05. The first-order valence-corrected chi connectivity index (χ1v) is 14.9. The topological polar surface area (TPSA) is 138 Å². The highest BCUT2D eigenvalue weighted by molar-refractivity contribution is 7.13. The van der Waals surface area contributed by atoms with Gasteiger partial charge in [0.05, 0.1) is 28.8 Å². The third-order valence-electron chi connectivity index (χ3n) is 7.21. The average Bonchev–Trinajstić information content (AvgIpc) is 3.54. The van der Waals surface area contributed by atoms with E-state index in [2.05, 4.69) is 15.6 Å². The highest BCUT2D eigenvalue weighted by Gasteiger charge is 2.40. The Morgan fingerprint density at radius 1 is 1.17 bits per heavy atom. The van der Waals surface area contributed by atoms with Gasteiger partial charge in [0.25, 0.3) is 0 Å². The van der Waals surface area contributed by atoms with Crippen LogP contribution in [0.2, 0.25) is 0 Å². The molecule has 2 heterocycles. The maximum Gasteiger partial charge on any atom is 0.245 e. The fourth-order valence-corrected chi connectivity index (χ4v) is 5.86. The Labute approximate surface area is 245 Å². The van der Waals surface area contributed by atoms with E-state index >= 15 is 0 Å². The van der Waals surface area contributed by atoms with Crippen molar-refractivity contribution in [1.82, 2.24) is 20.5 Å². The number of carbonyl (C=O) groups excluding carboxylic acids is 4. The van der Waals surface area contributed by atoms with E-state index in [1.165, 1.54) is 12.0 Å². The number of methoxy groups -OCH3 is 1. The molecule has 41 heavy (non-hydrogen) atoms. The number of ketones is 1. The summed E-state index contributed by atoms with van der Waals surface area (Å²) in [5.74, 6) is -1.64. The molecule has 3 N–H and O–H groups in total. The van der Waals surface area contributed by atoms with Gasteiger partial charge < -0.3 is 25.4 Å². The number of aliphatic hydroxyl groups is 1. The van der Waals surface area contributed by atoms with Crippen LogP contribution in [0.3, 0.4) is 0 Å². The summed E-state index contributed by atoms with van der Waals surface area (Å²) in [4.78, 5) is 58.6. The first-order valence-electron chi connectivity index (χ1n) is 14.1. The highest BCUT2D eigenvalue weighted by Crippen LogP contribution is 2.27. The molecule has 3 rings (SSSR count). The molecule has 0 bridgehead atoms. The van der Waals surface area contributed by atoms with E-state index in [9.17, 15) is 24.3 Å². The van der Waals surface area contributed by atoms with Gasteiger partial charge in [0, 0.05) is 45.4 Å². The second-order valence-electron chi connectivity index (χ2n) is 11.1. The van der Waals surface area contributed by atoms with Gasteiger partial charge in [-0.3, -0.25) is 19.2 Å². The van der Waals surface area contributed by atoms with Crippen molar-refractivity contribution >= 4 is 34.8 Å². The van der Waals surface area contributed by atoms with Crippen LogP contribution in [-0.4, -0.2) is 76.9 Å². The molecule has 0 radical (unpaired) electrons. The molecule has 0 unspecified atom stereocenters. The van der Waals surface area contributed by atoms with Crippen LogP contribution in [0.5, 0.6) is 0 Å². The molecule has 11 heteroatoms. The summed E-state index contributed by atoms with van der Waals surface area (Å²) in [6, 6.07) is 6.07. The number of hydrogen-bond donors (Lipinski definition) is 3. The summed E-state index contributed by atoms with van der Waals surface area (Å²) in [5.41, 5.74) is 4.74. The van der Waals surface area contributed by atoms with Gasteiger partial charge in [-0.05, 0) is 37.3 Å². The molecule has 1 aromatic carbocycles. The lowest BCUT2D eigenvalue weighted by Crippen LogP contribution is -2.53. The average molecular weight is 587 g/mol. The number of aryl methyl sites for hydroxylation is 1. The van der Waals surface area contributed by atoms with Crippen LogP contribution in [0.4, 0.5) is 0 Å². The van der Waals surface area contributed by atoms with E-state index in [0.717, 1.165) is 21.7 Å². The predicted octanol–water partition coefficient (Wildman–Crippen LogP) is 2.86. The van der Waals surface area contributed by atoms with Crippen molar-refractivity contribution in [3.05, 3.63) is 41.0 Å². The molecule has 1 fully saturated rings. The number of likely N-dealkylation sites (tertiary alicyclic amines) is 1. The summed E-state index contributed by atoms with van der Waals surface area (Å²) in [7, 11) is 1.52. The largest absolute Gasteiger partial charge is 0.391 e. The van der Waals surface area contributed by atoms with Gasteiger partial charge in [-0.1, -0.05) is 38.1 Å². The number of hydrogen-bond acceptors (Lipinski definition) is 8. The van der Waals surface area contributed by atoms with Crippen molar-refractivity contribution in [3.8, 4) is 10.4 Å². The third kappa shape index (κ3) is 9.17. The maximum atomic E-state index is 13.3. The normalized spacial score (nSPS) is 18.3. The van der Waals surface area contributed by atoms with E-state index in [1.807, 2.05) is 50.5 Å². The lowest BCUT2D eigenvalue weighted by atomic mass is 9.90. The van der Waals surface area contributed by atoms with Crippen molar-refractivity contribution in [2.24, 2.45) is 11.8 Å². The monoisotopic (exact) mass is 586 g/mol. The number of thiazole rings is 1. The Morgan fingerprint density at radius 3 is 2.49 bits per heavy atom. The third-order valence-corrected chi connectivity index (χ3v) is 8.19. The van der Waals surface area contributed by atoms with Crippen LogP contribution in [0.1, 0.15) is 57.7 Å². The summed E-state index contributed by atoms with van der Waals surface area (Å²) < 4.78 is 4.97. The summed E-state index contributed by atoms with van der Waals surface area (Å²) in [5, 5.41) is 15.9. The van der Waals surface area contributed by atoms with E-state index in [4.69, 9.17) is 4.74 Å². The Morgan fingerprint density at radius 2 is 1.88 bits per heavy atom. The minimum Gasteiger partial charge on any atom is -0.391 e. The molecule has 1 aromatic heterocycles. The quantitative estimate of drug-likeness (QED) is 0.310. The van der Waals surface area contributed by atoms with E-state index in [-0.39, 0.29) is 55.9 Å². The molecular formula is C30H42N4O6S. The Hall–Kier alpha value is -3.15. The minimum absolute atomic E-state index is 0.00491. The molecule has 1 aliphatic rings. The van der Waals surface area contributed by atoms with Gasteiger partial charge in [0.2, 0.25) is 17.7 Å². The van der Waals surface area contributed by atoms with Crippen molar-refractivity contribution in [2.75, 3.05) is 20.3 Å². The molecule has 1 aliphatic heterocycles. The van der Waals surface area contributed by atoms with Crippen LogP contribution in [0, 0.1) is 18.8 Å². The van der Waals surface area contributed by atoms with Crippen LogP contribution in [0.15, 0.2) is 29.8 Å². The summed E-state index contributed by atoms with van der Waals surface area (Å²) in [6.07, 6.45) is 0.0828. The van der Waals surface area contributed by atoms with Gasteiger partial charge in [0.1, 0.15) is 17.9 Å². The number of nitrogens with one attached hydrogen (secondary N) is 2. The SMILES string of the molecule is COCCC(=O)C[C@@H](CC(C)C)C(=O)N[C@@H](C)C(=O)N1C[C@H](O)C[C@H]1C(=O)NCc1ccc(-c2scnc2C)cc1. The molecular weight excluding hydrogens is 544 g/mol. The number of benzene rings is 1. The van der Waals surface area contributed by atoms with Crippen molar-refractivity contribution in [1.29, 1.82) is 0 Å². The van der Waals surface area contributed by atoms with Gasteiger partial charge in [-0.25, -0.2) is 4.98 Å². The maximum absolute atomic E-state index is 13.3. The number of β-amino-alcohol motifs (C(OH)–C–C–N with tert-alkyl or cyclic N) is 1. The van der Waals surface area contributed by atoms with Gasteiger partial charge in [-0.2, -0.15) is 0 Å². The molecule has 4 atom stereocenters. The van der Waals surface area contributed by atoms with Crippen molar-refractivity contribution in [3.63, 3.8) is 0 Å². The molecule has 2 aromatic rings. The summed E-state index contributed by atoms with van der Waals surface area (Å²) >= 11 is 1.57. The molecule has 224 valence electrons. The van der Waals surface area contributed by atoms with E-state index in [1.54, 1.807) is 18.3 Å². The van der Waals surface area contributed by atoms with Gasteiger partial charge in [-0.15, -0.1) is 11.3 Å². The standard InChI is InChI=1S/C30H42N4O6S/c1-18(2)12-23(13-24(35)10-11-40-5)28(37)33-20(4)30(39)34-16-25(36)14-26(34)29(38)31-15-21-6-8-22(9-7-21)27-19(3)32-17-41-27/h6-9,17-18,20,23,25-26,36H,10-16H2,1-5H3,(H,31,38)(H,33,37)/t20-,23+,25+,26-/m0/s1. The molecule has 0 aliphatic carbocycles. The molecule has 0 spiro atoms. The number of amides is 3. The summed E-state index contributed by atoms with van der Waals surface area (Å²) in [6.45, 7) is 8.04. The van der Waals surface area contributed by atoms with Gasteiger partial charge >= 0.3 is 0 Å². The fraction of sp³-hybridized carbons (Fsp3) is 0.567. The molecule has 3 amide bonds. The number of rotatable bonds is 14. The Bertz CT molecular complexity index is 1200. The minimum atomic E-state index is -0.922. The highest BCUT2D eigenvalue weighted by atomic mass is 32.1. The zero-order chi connectivity index (χ0) is 30.1. The lowest BCUT2D eigenvalue weighted by molar-refractivity contribution is -0.142. The number of aliphatic hydroxyl groups excluding tert-OH is 1. The first-order chi connectivity index (χ1) is 19.5. The number of carbonyl (C=O) groups is 4. The predicted molar refractivity (Wildman–Crippen MR) is 157 cm³/mol. The lowest BCUT2D eigenvalue weighted by Gasteiger charge is -2.28. The second-order valence-corrected chi connectivity index (χ2v) is 12.0. The molecule has 1 saturated heterocycles.